The molecular formula is C11H15BO2. The first kappa shape index (κ1) is 10.0. The Bertz CT molecular complexity index is 292. The van der Waals surface area contributed by atoms with Crippen LogP contribution < -0.4 is 0 Å². The van der Waals surface area contributed by atoms with E-state index >= 15 is 0 Å². The summed E-state index contributed by atoms with van der Waals surface area (Å²) in [6.07, 6.45) is 3.73. The summed E-state index contributed by atoms with van der Waals surface area (Å²) in [4.78, 5) is 0. The first-order chi connectivity index (χ1) is 6.61. The van der Waals surface area contributed by atoms with Gasteiger partial charge in [0.25, 0.3) is 0 Å². The van der Waals surface area contributed by atoms with Crippen LogP contribution in [0.15, 0.2) is 18.4 Å². The molecule has 2 aliphatic rings. The zero-order valence-electron chi connectivity index (χ0n) is 8.24. The van der Waals surface area contributed by atoms with Crippen LogP contribution in [-0.4, -0.2) is 30.8 Å². The van der Waals surface area contributed by atoms with Crippen molar-refractivity contribution in [2.24, 2.45) is 10.8 Å². The van der Waals surface area contributed by atoms with Gasteiger partial charge in [0.2, 0.25) is 0 Å². The molecular weight excluding hydrogens is 175 g/mol. The third-order valence-electron chi connectivity index (χ3n) is 3.94. The molecule has 1 spiro atoms. The average Bonchev–Trinajstić information content (AvgIpc) is 2.93. The third-order valence-corrected chi connectivity index (χ3v) is 3.94. The molecule has 0 aliphatic heterocycles. The zero-order valence-corrected chi connectivity index (χ0v) is 8.24. The molecule has 2 aliphatic carbocycles. The van der Waals surface area contributed by atoms with Crippen LogP contribution in [0.2, 0.25) is 5.82 Å². The Labute approximate surface area is 85.7 Å². The van der Waals surface area contributed by atoms with Crippen LogP contribution in [0.25, 0.3) is 0 Å². The molecule has 2 fully saturated rings. The van der Waals surface area contributed by atoms with E-state index in [-0.39, 0.29) is 17.8 Å². The van der Waals surface area contributed by atoms with Crippen molar-refractivity contribution in [3.8, 4) is 0 Å². The highest BCUT2D eigenvalue weighted by Crippen LogP contribution is 2.68. The van der Waals surface area contributed by atoms with Crippen LogP contribution in [-0.2, 0) is 0 Å². The summed E-state index contributed by atoms with van der Waals surface area (Å²) in [7, 11) is 6.01. The second kappa shape index (κ2) is 3.00. The van der Waals surface area contributed by atoms with Crippen molar-refractivity contribution in [3.63, 3.8) is 0 Å². The average molecular weight is 190 g/mol. The molecule has 0 saturated heterocycles. The molecule has 0 amide bonds. The standard InChI is InChI=1S/C11H15BO2/c1-2-3-10(7-13)6-8(12)11(4-5-11)9(10)14/h3,8-9,13-14H,1,4-7H2/t8-,9+,10-/m1/s1. The summed E-state index contributed by atoms with van der Waals surface area (Å²) in [5.74, 6) is -0.00532. The van der Waals surface area contributed by atoms with Crippen molar-refractivity contribution in [1.82, 2.24) is 0 Å². The van der Waals surface area contributed by atoms with E-state index in [1.807, 2.05) is 0 Å². The van der Waals surface area contributed by atoms with Gasteiger partial charge in [-0.15, -0.1) is 5.73 Å². The van der Waals surface area contributed by atoms with E-state index in [2.05, 4.69) is 12.3 Å². The second-order valence-corrected chi connectivity index (χ2v) is 4.69. The highest BCUT2D eigenvalue weighted by molar-refractivity contribution is 6.13. The third kappa shape index (κ3) is 1.07. The number of hydrogen-bond donors (Lipinski definition) is 2. The van der Waals surface area contributed by atoms with Gasteiger partial charge in [0, 0.05) is 5.41 Å². The largest absolute Gasteiger partial charge is 0.395 e. The minimum Gasteiger partial charge on any atom is -0.395 e. The molecule has 0 aromatic carbocycles. The van der Waals surface area contributed by atoms with Gasteiger partial charge in [-0.3, -0.25) is 0 Å². The number of aliphatic hydroxyl groups excluding tert-OH is 2. The van der Waals surface area contributed by atoms with Crippen molar-refractivity contribution in [3.05, 3.63) is 18.4 Å². The van der Waals surface area contributed by atoms with Crippen LogP contribution in [0.3, 0.4) is 0 Å². The summed E-state index contributed by atoms with van der Waals surface area (Å²) in [6.45, 7) is 3.42. The maximum absolute atomic E-state index is 10.2. The molecule has 0 heterocycles. The van der Waals surface area contributed by atoms with Gasteiger partial charge in [0.05, 0.1) is 20.6 Å². The summed E-state index contributed by atoms with van der Waals surface area (Å²) >= 11 is 0. The lowest BCUT2D eigenvalue weighted by molar-refractivity contribution is 0.00945. The number of rotatable bonds is 2. The first-order valence-electron chi connectivity index (χ1n) is 5.03. The van der Waals surface area contributed by atoms with Gasteiger partial charge < -0.3 is 10.2 Å². The number of aliphatic hydroxyl groups is 2. The van der Waals surface area contributed by atoms with E-state index in [4.69, 9.17) is 7.85 Å². The Morgan fingerprint density at radius 1 is 1.57 bits per heavy atom. The van der Waals surface area contributed by atoms with Gasteiger partial charge in [-0.25, -0.2) is 0 Å². The van der Waals surface area contributed by atoms with Gasteiger partial charge in [0.15, 0.2) is 0 Å². The summed E-state index contributed by atoms with van der Waals surface area (Å²) in [6, 6.07) is 0. The molecule has 0 bridgehead atoms. The van der Waals surface area contributed by atoms with E-state index < -0.39 is 11.5 Å². The highest BCUT2D eigenvalue weighted by Gasteiger charge is 2.64. The molecule has 3 heteroatoms. The van der Waals surface area contributed by atoms with Gasteiger partial charge in [-0.05, 0) is 30.8 Å². The minimum absolute atomic E-state index is 0.00532. The highest BCUT2D eigenvalue weighted by atomic mass is 16.3. The van der Waals surface area contributed by atoms with E-state index in [0.29, 0.717) is 6.42 Å². The van der Waals surface area contributed by atoms with E-state index in [1.165, 1.54) is 0 Å². The molecule has 0 aromatic rings. The van der Waals surface area contributed by atoms with Crippen molar-refractivity contribution in [1.29, 1.82) is 0 Å². The number of hydrogen-bond acceptors (Lipinski definition) is 2. The van der Waals surface area contributed by atoms with Gasteiger partial charge >= 0.3 is 0 Å². The van der Waals surface area contributed by atoms with Crippen LogP contribution in [0.4, 0.5) is 0 Å². The molecule has 0 aromatic heterocycles. The molecule has 2 nitrogen and oxygen atoms in total. The van der Waals surface area contributed by atoms with Crippen LogP contribution in [0.5, 0.6) is 0 Å². The predicted molar refractivity (Wildman–Crippen MR) is 55.0 cm³/mol. The van der Waals surface area contributed by atoms with E-state index in [1.54, 1.807) is 6.08 Å². The van der Waals surface area contributed by atoms with Crippen LogP contribution >= 0.6 is 0 Å². The molecule has 2 radical (unpaired) electrons. The lowest BCUT2D eigenvalue weighted by Crippen LogP contribution is -2.35. The molecule has 0 unspecified atom stereocenters. The Hall–Kier alpha value is -0.495. The monoisotopic (exact) mass is 190 g/mol. The van der Waals surface area contributed by atoms with Crippen LogP contribution in [0, 0.1) is 10.8 Å². The molecule has 3 atom stereocenters. The zero-order chi connectivity index (χ0) is 10.4. The van der Waals surface area contributed by atoms with Crippen molar-refractivity contribution in [2.45, 2.75) is 31.2 Å². The second-order valence-electron chi connectivity index (χ2n) is 4.69. The lowest BCUT2D eigenvalue weighted by Gasteiger charge is -2.28. The quantitative estimate of drug-likeness (QED) is 0.499. The normalized spacial score (nSPS) is 43.6. The van der Waals surface area contributed by atoms with Crippen molar-refractivity contribution < 1.29 is 10.2 Å². The molecule has 14 heavy (non-hydrogen) atoms. The van der Waals surface area contributed by atoms with E-state index in [9.17, 15) is 10.2 Å². The SMILES string of the molecule is [B][C@@H]1C[C@](C=C=C)(CO)[C@H](O)C12CC2. The Balaban J connectivity index is 2.33. The predicted octanol–water partition coefficient (Wildman–Crippen LogP) is 0.808. The van der Waals surface area contributed by atoms with Crippen LogP contribution in [0.1, 0.15) is 19.3 Å². The smallest absolute Gasteiger partial charge is 0.0710 e. The maximum Gasteiger partial charge on any atom is 0.0710 e. The Morgan fingerprint density at radius 3 is 2.57 bits per heavy atom. The molecule has 74 valence electrons. The van der Waals surface area contributed by atoms with Crippen molar-refractivity contribution in [2.75, 3.05) is 6.61 Å². The Kier molecular flexibility index (Phi) is 2.15. The van der Waals surface area contributed by atoms with Gasteiger partial charge in [-0.2, -0.15) is 0 Å². The first-order valence-corrected chi connectivity index (χ1v) is 5.03. The van der Waals surface area contributed by atoms with Gasteiger partial charge in [0.1, 0.15) is 0 Å². The summed E-state index contributed by atoms with van der Waals surface area (Å²) in [5, 5.41) is 19.6. The van der Waals surface area contributed by atoms with Crippen molar-refractivity contribution >= 4 is 7.85 Å². The maximum atomic E-state index is 10.2. The minimum atomic E-state index is -0.600. The van der Waals surface area contributed by atoms with Gasteiger partial charge in [-0.1, -0.05) is 12.4 Å². The fourth-order valence-electron chi connectivity index (χ4n) is 2.83. The summed E-state index contributed by atoms with van der Waals surface area (Å²) in [5.41, 5.74) is 1.94. The topological polar surface area (TPSA) is 40.5 Å². The van der Waals surface area contributed by atoms with E-state index in [0.717, 1.165) is 12.8 Å². The lowest BCUT2D eigenvalue weighted by atomic mass is 9.76. The molecule has 2 N–H and O–H groups in total. The molecule has 2 saturated carbocycles. The molecule has 2 rings (SSSR count). The summed E-state index contributed by atoms with van der Waals surface area (Å²) < 4.78 is 0. The fourth-order valence-corrected chi connectivity index (χ4v) is 2.83. The fraction of sp³-hybridized carbons (Fsp3) is 0.727. The Morgan fingerprint density at radius 2 is 2.21 bits per heavy atom.